The minimum Gasteiger partial charge on any atom is -0.308 e. The van der Waals surface area contributed by atoms with Gasteiger partial charge in [-0.15, -0.1) is 11.3 Å². The van der Waals surface area contributed by atoms with Crippen LogP contribution in [-0.2, 0) is 0 Å². The predicted octanol–water partition coefficient (Wildman–Crippen LogP) is 17.6. The van der Waals surface area contributed by atoms with Gasteiger partial charge in [-0.1, -0.05) is 200 Å². The van der Waals surface area contributed by atoms with Crippen molar-refractivity contribution >= 4 is 74.9 Å². The van der Waals surface area contributed by atoms with E-state index < -0.39 is 0 Å². The molecule has 0 radical (unpaired) electrons. The van der Waals surface area contributed by atoms with Gasteiger partial charge in [0.1, 0.15) is 0 Å². The summed E-state index contributed by atoms with van der Waals surface area (Å²) >= 11 is 1.84. The van der Waals surface area contributed by atoms with E-state index in [4.69, 9.17) is 15.0 Å². The van der Waals surface area contributed by atoms with Gasteiger partial charge < -0.3 is 4.57 Å². The molecule has 0 bridgehead atoms. The van der Waals surface area contributed by atoms with E-state index in [9.17, 15) is 0 Å². The molecule has 0 atom stereocenters. The van der Waals surface area contributed by atoms with Crippen LogP contribution in [0.25, 0.3) is 137 Å². The zero-order valence-electron chi connectivity index (χ0n) is 37.8. The molecule has 3 aromatic heterocycles. The van der Waals surface area contributed by atoms with Crippen molar-refractivity contribution in [1.29, 1.82) is 0 Å². The summed E-state index contributed by atoms with van der Waals surface area (Å²) in [7, 11) is 0. The van der Waals surface area contributed by atoms with E-state index in [-0.39, 0.29) is 0 Å². The average molecular weight is 909 g/mol. The zero-order chi connectivity index (χ0) is 46.1. The first-order valence-electron chi connectivity index (χ1n) is 23.7. The molecule has 0 amide bonds. The topological polar surface area (TPSA) is 43.6 Å². The quantitative estimate of drug-likeness (QED) is 0.160. The van der Waals surface area contributed by atoms with Crippen molar-refractivity contribution < 1.29 is 0 Å². The number of benzene rings is 11. The molecule has 70 heavy (non-hydrogen) atoms. The molecule has 0 spiro atoms. The number of nitrogens with zero attached hydrogens (tertiary/aromatic N) is 4. The second-order valence-corrected chi connectivity index (χ2v) is 19.0. The monoisotopic (exact) mass is 908 g/mol. The number of thiophene rings is 1. The minimum absolute atomic E-state index is 0.597. The molecule has 11 aromatic carbocycles. The minimum atomic E-state index is 0.597. The van der Waals surface area contributed by atoms with Crippen molar-refractivity contribution in [2.75, 3.05) is 0 Å². The molecule has 5 heteroatoms. The van der Waals surface area contributed by atoms with Gasteiger partial charge >= 0.3 is 0 Å². The van der Waals surface area contributed by atoms with Gasteiger partial charge in [-0.05, 0) is 86.4 Å². The average Bonchev–Trinajstić information content (AvgIpc) is 3.98. The Morgan fingerprint density at radius 3 is 1.54 bits per heavy atom. The lowest BCUT2D eigenvalue weighted by molar-refractivity contribution is 1.07. The van der Waals surface area contributed by atoms with Gasteiger partial charge in [0, 0.05) is 58.6 Å². The Balaban J connectivity index is 1.09. The molecule has 4 nitrogen and oxygen atoms in total. The van der Waals surface area contributed by atoms with Crippen molar-refractivity contribution in [2.45, 2.75) is 0 Å². The van der Waals surface area contributed by atoms with Crippen LogP contribution >= 0.6 is 11.3 Å². The van der Waals surface area contributed by atoms with Gasteiger partial charge in [-0.2, -0.15) is 0 Å². The van der Waals surface area contributed by atoms with Crippen LogP contribution in [0.15, 0.2) is 243 Å². The van der Waals surface area contributed by atoms with Crippen molar-refractivity contribution in [1.82, 2.24) is 19.5 Å². The number of aromatic nitrogens is 4. The molecular formula is C65H40N4S. The van der Waals surface area contributed by atoms with E-state index in [1.54, 1.807) is 0 Å². The van der Waals surface area contributed by atoms with Crippen LogP contribution in [-0.4, -0.2) is 19.5 Å². The van der Waals surface area contributed by atoms with E-state index in [0.717, 1.165) is 61.3 Å². The highest BCUT2D eigenvalue weighted by Crippen LogP contribution is 2.46. The van der Waals surface area contributed by atoms with Crippen molar-refractivity contribution in [3.63, 3.8) is 0 Å². The van der Waals surface area contributed by atoms with Crippen LogP contribution in [0.2, 0.25) is 0 Å². The molecule has 0 aliphatic rings. The third-order valence-electron chi connectivity index (χ3n) is 13.8. The molecule has 0 N–H and O–H groups in total. The highest BCUT2D eigenvalue weighted by molar-refractivity contribution is 7.25. The normalized spacial score (nSPS) is 11.7. The maximum absolute atomic E-state index is 5.47. The molecule has 3 heterocycles. The fraction of sp³-hybridized carbons (Fsp3) is 0. The van der Waals surface area contributed by atoms with Gasteiger partial charge in [-0.3, -0.25) is 0 Å². The SMILES string of the molecule is c1ccc(-c2ccccc2-c2nc(-c3ccc(-n4c5cc6ccccc6cc5c5ccc6ccccc6c54)c(-c4cccc5sc6ccccc6c45)c3)nc(-c3ccccc3-c3ccccc3)n2)cc1. The molecule has 0 aliphatic carbocycles. The number of hydrogen-bond acceptors (Lipinski definition) is 4. The molecule has 14 aromatic rings. The lowest BCUT2D eigenvalue weighted by Gasteiger charge is -2.18. The van der Waals surface area contributed by atoms with E-state index in [2.05, 4.69) is 247 Å². The second kappa shape index (κ2) is 16.3. The molecule has 14 rings (SSSR count). The van der Waals surface area contributed by atoms with Crippen molar-refractivity contribution in [3.8, 4) is 73.2 Å². The second-order valence-electron chi connectivity index (χ2n) is 17.9. The predicted molar refractivity (Wildman–Crippen MR) is 295 cm³/mol. The maximum atomic E-state index is 5.47. The van der Waals surface area contributed by atoms with Gasteiger partial charge in [0.15, 0.2) is 17.5 Å². The number of fused-ring (bicyclic) bond motifs is 9. The lowest BCUT2D eigenvalue weighted by atomic mass is 9.95. The first-order valence-corrected chi connectivity index (χ1v) is 24.5. The fourth-order valence-corrected chi connectivity index (χ4v) is 11.8. The van der Waals surface area contributed by atoms with E-state index in [1.807, 2.05) is 11.3 Å². The zero-order valence-corrected chi connectivity index (χ0v) is 38.6. The summed E-state index contributed by atoms with van der Waals surface area (Å²) in [5, 5.41) is 9.74. The Kier molecular flexibility index (Phi) is 9.36. The lowest BCUT2D eigenvalue weighted by Crippen LogP contribution is -2.03. The largest absolute Gasteiger partial charge is 0.308 e. The summed E-state index contributed by atoms with van der Waals surface area (Å²) < 4.78 is 5.02. The Hall–Kier alpha value is -9.03. The fourth-order valence-electron chi connectivity index (χ4n) is 10.6. The molecule has 0 fully saturated rings. The Morgan fingerprint density at radius 2 is 0.843 bits per heavy atom. The van der Waals surface area contributed by atoms with Crippen LogP contribution < -0.4 is 0 Å². The first kappa shape index (κ1) is 40.1. The Bertz CT molecular complexity index is 4260. The Morgan fingerprint density at radius 1 is 0.300 bits per heavy atom. The van der Waals surface area contributed by atoms with E-state index in [0.29, 0.717) is 17.5 Å². The summed E-state index contributed by atoms with van der Waals surface area (Å²) in [4.78, 5) is 16.3. The van der Waals surface area contributed by atoms with Crippen LogP contribution in [0.4, 0.5) is 0 Å². The first-order chi connectivity index (χ1) is 34.7. The molecule has 0 saturated heterocycles. The summed E-state index contributed by atoms with van der Waals surface area (Å²) in [5.41, 5.74) is 12.7. The third-order valence-corrected chi connectivity index (χ3v) is 15.0. The number of rotatable bonds is 7. The van der Waals surface area contributed by atoms with E-state index >= 15 is 0 Å². The van der Waals surface area contributed by atoms with Gasteiger partial charge in [-0.25, -0.2) is 15.0 Å². The van der Waals surface area contributed by atoms with E-state index in [1.165, 1.54) is 58.0 Å². The third kappa shape index (κ3) is 6.55. The highest BCUT2D eigenvalue weighted by Gasteiger charge is 2.23. The van der Waals surface area contributed by atoms with Crippen molar-refractivity contribution in [2.24, 2.45) is 0 Å². The van der Waals surface area contributed by atoms with Crippen LogP contribution in [0.3, 0.4) is 0 Å². The molecule has 0 unspecified atom stereocenters. The van der Waals surface area contributed by atoms with Gasteiger partial charge in [0.05, 0.1) is 16.7 Å². The summed E-state index contributed by atoms with van der Waals surface area (Å²) in [6.45, 7) is 0. The Labute approximate surface area is 408 Å². The maximum Gasteiger partial charge on any atom is 0.164 e. The summed E-state index contributed by atoms with van der Waals surface area (Å²) in [5.74, 6) is 1.82. The molecular weight excluding hydrogens is 869 g/mol. The smallest absolute Gasteiger partial charge is 0.164 e. The highest BCUT2D eigenvalue weighted by atomic mass is 32.1. The molecule has 0 aliphatic heterocycles. The van der Waals surface area contributed by atoms with Crippen LogP contribution in [0.1, 0.15) is 0 Å². The number of hydrogen-bond donors (Lipinski definition) is 0. The standard InChI is InChI=1S/C65H40N4S/c1-3-18-41(19-4-1)47-25-11-13-28-52(47)64-66-63(67-65(68-64)53-29-14-12-26-48(53)42-20-5-2-6-21-42)46-35-37-57(55(39-46)50-31-17-33-60-61(50)54-30-15-16-32-59(54)70-60)69-58-40-45-24-8-7-23-44(45)38-56(58)51-36-34-43-22-9-10-27-49(43)62(51)69/h1-40H. The van der Waals surface area contributed by atoms with Gasteiger partial charge in [0.25, 0.3) is 0 Å². The van der Waals surface area contributed by atoms with Crippen LogP contribution in [0, 0.1) is 0 Å². The van der Waals surface area contributed by atoms with Crippen molar-refractivity contribution in [3.05, 3.63) is 243 Å². The summed E-state index contributed by atoms with van der Waals surface area (Å²) in [6, 6.07) is 87.0. The molecule has 0 saturated carbocycles. The van der Waals surface area contributed by atoms with Gasteiger partial charge in [0.2, 0.25) is 0 Å². The molecule has 326 valence electrons. The van der Waals surface area contributed by atoms with Crippen LogP contribution in [0.5, 0.6) is 0 Å². The summed E-state index contributed by atoms with van der Waals surface area (Å²) in [6.07, 6.45) is 0.